The van der Waals surface area contributed by atoms with Crippen molar-refractivity contribution in [1.82, 2.24) is 10.2 Å². The molecule has 0 radical (unpaired) electrons. The highest BCUT2D eigenvalue weighted by Gasteiger charge is 2.16. The van der Waals surface area contributed by atoms with E-state index in [1.165, 1.54) is 23.1 Å². The molecule has 2 heterocycles. The van der Waals surface area contributed by atoms with Gasteiger partial charge in [0.2, 0.25) is 5.13 Å². The van der Waals surface area contributed by atoms with Gasteiger partial charge in [0.15, 0.2) is 15.8 Å². The van der Waals surface area contributed by atoms with Gasteiger partial charge in [0.25, 0.3) is 5.91 Å². The van der Waals surface area contributed by atoms with E-state index in [4.69, 9.17) is 32.7 Å². The average Bonchev–Trinajstić information content (AvgIpc) is 3.14. The Balaban J connectivity index is 1.40. The van der Waals surface area contributed by atoms with E-state index >= 15 is 0 Å². The molecule has 0 fully saturated rings. The smallest absolute Gasteiger partial charge is 0.257 e. The van der Waals surface area contributed by atoms with Crippen LogP contribution in [0.4, 0.5) is 5.13 Å². The fourth-order valence-corrected chi connectivity index (χ4v) is 4.97. The van der Waals surface area contributed by atoms with Crippen LogP contribution < -0.4 is 14.8 Å². The highest BCUT2D eigenvalue weighted by atomic mass is 35.5. The van der Waals surface area contributed by atoms with Crippen molar-refractivity contribution in [3.8, 4) is 11.5 Å². The number of hydrogen-bond acceptors (Lipinski definition) is 7. The van der Waals surface area contributed by atoms with E-state index in [2.05, 4.69) is 15.5 Å². The number of amides is 1. The summed E-state index contributed by atoms with van der Waals surface area (Å²) in [7, 11) is 0. The second kappa shape index (κ2) is 8.57. The summed E-state index contributed by atoms with van der Waals surface area (Å²) >= 11 is 15.1. The molecular weight excluding hydrogens is 441 g/mol. The Labute approximate surface area is 179 Å². The maximum absolute atomic E-state index is 12.5. The number of benzene rings is 2. The van der Waals surface area contributed by atoms with Crippen LogP contribution in [0.1, 0.15) is 15.9 Å². The van der Waals surface area contributed by atoms with Gasteiger partial charge in [-0.2, -0.15) is 0 Å². The lowest BCUT2D eigenvalue weighted by Gasteiger charge is -2.18. The van der Waals surface area contributed by atoms with Crippen LogP contribution >= 0.6 is 46.3 Å². The summed E-state index contributed by atoms with van der Waals surface area (Å²) in [6.45, 7) is 0.966. The van der Waals surface area contributed by atoms with Gasteiger partial charge >= 0.3 is 0 Å². The number of hydrogen-bond donors (Lipinski definition) is 1. The number of carbonyl (C=O) groups is 1. The van der Waals surface area contributed by atoms with Gasteiger partial charge in [0, 0.05) is 21.4 Å². The Kier molecular flexibility index (Phi) is 5.91. The first kappa shape index (κ1) is 19.3. The van der Waals surface area contributed by atoms with E-state index in [1.54, 1.807) is 36.4 Å². The molecule has 144 valence electrons. The molecule has 0 spiro atoms. The molecule has 6 nitrogen and oxygen atoms in total. The van der Waals surface area contributed by atoms with Gasteiger partial charge in [-0.3, -0.25) is 10.1 Å². The first-order valence-electron chi connectivity index (χ1n) is 8.20. The standard InChI is InChI=1S/C18H13Cl2N3O3S2/c19-12-2-1-3-13(20)11(12)9-27-18-23-22-17(28-18)21-16(24)10-4-5-14-15(8-10)26-7-6-25-14/h1-5,8H,6-7,9H2,(H,21,22,24). The molecule has 4 rings (SSSR count). The van der Waals surface area contributed by atoms with Crippen LogP contribution in [0.25, 0.3) is 0 Å². The third kappa shape index (κ3) is 4.35. The zero-order valence-corrected chi connectivity index (χ0v) is 17.4. The lowest BCUT2D eigenvalue weighted by atomic mass is 10.2. The van der Waals surface area contributed by atoms with Crippen LogP contribution in [0.3, 0.4) is 0 Å². The Morgan fingerprint density at radius 3 is 2.64 bits per heavy atom. The molecule has 0 saturated heterocycles. The van der Waals surface area contributed by atoms with Crippen LogP contribution in [-0.4, -0.2) is 29.3 Å². The molecule has 1 aliphatic heterocycles. The molecule has 0 unspecified atom stereocenters. The summed E-state index contributed by atoms with van der Waals surface area (Å²) in [4.78, 5) is 12.5. The predicted octanol–water partition coefficient (Wildman–Crippen LogP) is 5.16. The van der Waals surface area contributed by atoms with Crippen molar-refractivity contribution in [3.05, 3.63) is 57.6 Å². The second-order valence-electron chi connectivity index (χ2n) is 5.67. The van der Waals surface area contributed by atoms with Crippen LogP contribution in [0.5, 0.6) is 11.5 Å². The van der Waals surface area contributed by atoms with Crippen molar-refractivity contribution in [2.45, 2.75) is 10.1 Å². The van der Waals surface area contributed by atoms with Gasteiger partial charge in [0.05, 0.1) is 0 Å². The zero-order valence-electron chi connectivity index (χ0n) is 14.3. The summed E-state index contributed by atoms with van der Waals surface area (Å²) in [6.07, 6.45) is 0. The van der Waals surface area contributed by atoms with Gasteiger partial charge in [0.1, 0.15) is 13.2 Å². The highest BCUT2D eigenvalue weighted by molar-refractivity contribution is 8.00. The van der Waals surface area contributed by atoms with Crippen molar-refractivity contribution in [2.24, 2.45) is 0 Å². The minimum Gasteiger partial charge on any atom is -0.486 e. The number of nitrogens with zero attached hydrogens (tertiary/aromatic N) is 2. The van der Waals surface area contributed by atoms with Gasteiger partial charge in [-0.15, -0.1) is 10.2 Å². The third-order valence-electron chi connectivity index (χ3n) is 3.83. The number of carbonyl (C=O) groups excluding carboxylic acids is 1. The number of nitrogens with one attached hydrogen (secondary N) is 1. The Hall–Kier alpha value is -2.00. The van der Waals surface area contributed by atoms with E-state index < -0.39 is 0 Å². The number of halogens is 2. The van der Waals surface area contributed by atoms with Crippen molar-refractivity contribution in [1.29, 1.82) is 0 Å². The topological polar surface area (TPSA) is 73.3 Å². The molecule has 10 heteroatoms. The van der Waals surface area contributed by atoms with Crippen LogP contribution in [0, 0.1) is 0 Å². The second-order valence-corrected chi connectivity index (χ2v) is 8.69. The lowest BCUT2D eigenvalue weighted by Crippen LogP contribution is -2.17. The predicted molar refractivity (Wildman–Crippen MR) is 111 cm³/mol. The highest BCUT2D eigenvalue weighted by Crippen LogP contribution is 2.34. The van der Waals surface area contributed by atoms with E-state index in [0.717, 1.165) is 5.56 Å². The molecular formula is C18H13Cl2N3O3S2. The van der Waals surface area contributed by atoms with Crippen molar-refractivity contribution in [2.75, 3.05) is 18.5 Å². The molecule has 28 heavy (non-hydrogen) atoms. The van der Waals surface area contributed by atoms with E-state index in [1.807, 2.05) is 0 Å². The van der Waals surface area contributed by atoms with E-state index in [-0.39, 0.29) is 5.91 Å². The van der Waals surface area contributed by atoms with Crippen molar-refractivity contribution in [3.63, 3.8) is 0 Å². The molecule has 1 aromatic heterocycles. The number of rotatable bonds is 5. The van der Waals surface area contributed by atoms with Gasteiger partial charge in [-0.05, 0) is 35.9 Å². The van der Waals surface area contributed by atoms with Crippen LogP contribution in [-0.2, 0) is 5.75 Å². The molecule has 0 atom stereocenters. The normalized spacial score (nSPS) is 12.6. The van der Waals surface area contributed by atoms with E-state index in [9.17, 15) is 4.79 Å². The average molecular weight is 454 g/mol. The number of aromatic nitrogens is 2. The zero-order chi connectivity index (χ0) is 19.5. The molecule has 0 saturated carbocycles. The molecule has 2 aromatic carbocycles. The largest absolute Gasteiger partial charge is 0.486 e. The summed E-state index contributed by atoms with van der Waals surface area (Å²) in [6, 6.07) is 10.4. The van der Waals surface area contributed by atoms with Gasteiger partial charge < -0.3 is 9.47 Å². The molecule has 0 bridgehead atoms. The summed E-state index contributed by atoms with van der Waals surface area (Å²) in [5.41, 5.74) is 1.30. The maximum Gasteiger partial charge on any atom is 0.257 e. The Bertz CT molecular complexity index is 1010. The fraction of sp³-hybridized carbons (Fsp3) is 0.167. The first-order chi connectivity index (χ1) is 13.6. The molecule has 3 aromatic rings. The van der Waals surface area contributed by atoms with Crippen molar-refractivity contribution < 1.29 is 14.3 Å². The SMILES string of the molecule is O=C(Nc1nnc(SCc2c(Cl)cccc2Cl)s1)c1ccc2c(c1)OCCO2. The quantitative estimate of drug-likeness (QED) is 0.424. The number of ether oxygens (including phenoxy) is 2. The molecule has 1 N–H and O–H groups in total. The summed E-state index contributed by atoms with van der Waals surface area (Å²) in [5, 5.41) is 12.5. The Morgan fingerprint density at radius 2 is 1.86 bits per heavy atom. The van der Waals surface area contributed by atoms with Gasteiger partial charge in [-0.1, -0.05) is 52.4 Å². The minimum atomic E-state index is -0.293. The third-order valence-corrected chi connectivity index (χ3v) is 6.54. The monoisotopic (exact) mass is 453 g/mol. The first-order valence-corrected chi connectivity index (χ1v) is 10.8. The minimum absolute atomic E-state index is 0.293. The summed E-state index contributed by atoms with van der Waals surface area (Å²) < 4.78 is 11.7. The van der Waals surface area contributed by atoms with Crippen LogP contribution in [0.2, 0.25) is 10.0 Å². The number of thioether (sulfide) groups is 1. The maximum atomic E-state index is 12.5. The molecule has 1 amide bonds. The number of fused-ring (bicyclic) bond motifs is 1. The van der Waals surface area contributed by atoms with Gasteiger partial charge in [-0.25, -0.2) is 0 Å². The molecule has 0 aliphatic carbocycles. The van der Waals surface area contributed by atoms with Crippen LogP contribution in [0.15, 0.2) is 40.7 Å². The number of anilines is 1. The van der Waals surface area contributed by atoms with Crippen molar-refractivity contribution >= 4 is 57.3 Å². The summed E-state index contributed by atoms with van der Waals surface area (Å²) in [5.74, 6) is 1.46. The van der Waals surface area contributed by atoms with E-state index in [0.29, 0.717) is 55.5 Å². The molecule has 1 aliphatic rings. The fourth-order valence-electron chi connectivity index (χ4n) is 2.48. The Morgan fingerprint density at radius 1 is 1.11 bits per heavy atom. The lowest BCUT2D eigenvalue weighted by molar-refractivity contribution is 0.102.